The van der Waals surface area contributed by atoms with Crippen LogP contribution in [0.25, 0.3) is 0 Å². The molecule has 1 fully saturated rings. The molecule has 2 rings (SSSR count). The molecule has 4 nitrogen and oxygen atoms in total. The molecule has 1 aromatic carbocycles. The van der Waals surface area contributed by atoms with Gasteiger partial charge in [-0.05, 0) is 43.7 Å². The van der Waals surface area contributed by atoms with Crippen molar-refractivity contribution in [2.24, 2.45) is 5.41 Å². The standard InChI is InChI=1S/C15H22N2O2/c1-3-8-15(9-10-16-11-15)14(18)17-12-4-6-13(19-2)7-5-12/h4-7,16H,3,8-11H2,1-2H3,(H,17,18). The van der Waals surface area contributed by atoms with Gasteiger partial charge in [0.15, 0.2) is 0 Å². The Morgan fingerprint density at radius 1 is 1.42 bits per heavy atom. The van der Waals surface area contributed by atoms with Crippen molar-refractivity contribution in [1.82, 2.24) is 5.32 Å². The monoisotopic (exact) mass is 262 g/mol. The van der Waals surface area contributed by atoms with Gasteiger partial charge < -0.3 is 15.4 Å². The highest BCUT2D eigenvalue weighted by Crippen LogP contribution is 2.32. The van der Waals surface area contributed by atoms with Crippen molar-refractivity contribution < 1.29 is 9.53 Å². The lowest BCUT2D eigenvalue weighted by Crippen LogP contribution is -2.38. The molecule has 1 aliphatic rings. The lowest BCUT2D eigenvalue weighted by Gasteiger charge is -2.26. The first-order valence-electron chi connectivity index (χ1n) is 6.86. The average molecular weight is 262 g/mol. The second-order valence-corrected chi connectivity index (χ2v) is 5.14. The summed E-state index contributed by atoms with van der Waals surface area (Å²) >= 11 is 0. The molecule has 4 heteroatoms. The minimum atomic E-state index is -0.241. The first kappa shape index (κ1) is 13.9. The molecule has 0 saturated carbocycles. The summed E-state index contributed by atoms with van der Waals surface area (Å²) in [6.45, 7) is 3.83. The van der Waals surface area contributed by atoms with E-state index >= 15 is 0 Å². The number of anilines is 1. The van der Waals surface area contributed by atoms with Crippen molar-refractivity contribution in [2.75, 3.05) is 25.5 Å². The Morgan fingerprint density at radius 2 is 2.16 bits per heavy atom. The third-order valence-electron chi connectivity index (χ3n) is 3.80. The zero-order chi connectivity index (χ0) is 13.7. The van der Waals surface area contributed by atoms with Crippen LogP contribution >= 0.6 is 0 Å². The van der Waals surface area contributed by atoms with Crippen molar-refractivity contribution in [3.8, 4) is 5.75 Å². The number of methoxy groups -OCH3 is 1. The largest absolute Gasteiger partial charge is 0.497 e. The number of carbonyl (C=O) groups is 1. The number of ether oxygens (including phenoxy) is 1. The maximum absolute atomic E-state index is 12.5. The fraction of sp³-hybridized carbons (Fsp3) is 0.533. The number of rotatable bonds is 5. The van der Waals surface area contributed by atoms with E-state index in [9.17, 15) is 4.79 Å². The minimum absolute atomic E-state index is 0.129. The highest BCUT2D eigenvalue weighted by molar-refractivity contribution is 5.95. The second kappa shape index (κ2) is 6.06. The Hall–Kier alpha value is -1.55. The molecule has 0 aromatic heterocycles. The summed E-state index contributed by atoms with van der Waals surface area (Å²) in [5, 5.41) is 6.33. The quantitative estimate of drug-likeness (QED) is 0.856. The van der Waals surface area contributed by atoms with Crippen LogP contribution in [-0.2, 0) is 4.79 Å². The normalized spacial score (nSPS) is 22.2. The number of carbonyl (C=O) groups excluding carboxylic acids is 1. The molecule has 1 amide bonds. The molecular formula is C15H22N2O2. The van der Waals surface area contributed by atoms with Gasteiger partial charge >= 0.3 is 0 Å². The number of nitrogens with one attached hydrogen (secondary N) is 2. The predicted octanol–water partition coefficient (Wildman–Crippen LogP) is 2.41. The molecule has 0 radical (unpaired) electrons. The van der Waals surface area contributed by atoms with Crippen LogP contribution in [0.5, 0.6) is 5.75 Å². The molecule has 0 spiro atoms. The average Bonchev–Trinajstić information content (AvgIpc) is 2.90. The summed E-state index contributed by atoms with van der Waals surface area (Å²) in [6.07, 6.45) is 2.88. The van der Waals surface area contributed by atoms with E-state index < -0.39 is 0 Å². The van der Waals surface area contributed by atoms with E-state index in [1.807, 2.05) is 24.3 Å². The summed E-state index contributed by atoms with van der Waals surface area (Å²) < 4.78 is 5.11. The first-order chi connectivity index (χ1) is 9.20. The van der Waals surface area contributed by atoms with Gasteiger partial charge in [0.05, 0.1) is 12.5 Å². The van der Waals surface area contributed by atoms with Gasteiger partial charge in [-0.1, -0.05) is 13.3 Å². The van der Waals surface area contributed by atoms with E-state index in [1.54, 1.807) is 7.11 Å². The van der Waals surface area contributed by atoms with Gasteiger partial charge in [0.25, 0.3) is 0 Å². The van der Waals surface area contributed by atoms with Crippen molar-refractivity contribution >= 4 is 11.6 Å². The number of hydrogen-bond acceptors (Lipinski definition) is 3. The molecule has 104 valence electrons. The van der Waals surface area contributed by atoms with Crippen LogP contribution in [0.2, 0.25) is 0 Å². The van der Waals surface area contributed by atoms with Crippen LogP contribution in [-0.4, -0.2) is 26.1 Å². The van der Waals surface area contributed by atoms with Crippen LogP contribution in [0.3, 0.4) is 0 Å². The van der Waals surface area contributed by atoms with E-state index in [4.69, 9.17) is 4.74 Å². The van der Waals surface area contributed by atoms with Gasteiger partial charge in [-0.25, -0.2) is 0 Å². The summed E-state index contributed by atoms with van der Waals surface area (Å²) in [5.41, 5.74) is 0.586. The fourth-order valence-corrected chi connectivity index (χ4v) is 2.68. The topological polar surface area (TPSA) is 50.4 Å². The Kier molecular flexibility index (Phi) is 4.43. The summed E-state index contributed by atoms with van der Waals surface area (Å²) in [5.74, 6) is 0.924. The van der Waals surface area contributed by atoms with Crippen molar-refractivity contribution in [1.29, 1.82) is 0 Å². The van der Waals surface area contributed by atoms with Gasteiger partial charge in [-0.2, -0.15) is 0 Å². The molecule has 0 bridgehead atoms. The summed E-state index contributed by atoms with van der Waals surface area (Å²) in [7, 11) is 1.63. The number of amides is 1. The smallest absolute Gasteiger partial charge is 0.231 e. The van der Waals surface area contributed by atoms with Crippen molar-refractivity contribution in [3.05, 3.63) is 24.3 Å². The van der Waals surface area contributed by atoms with E-state index in [0.29, 0.717) is 0 Å². The zero-order valence-electron chi connectivity index (χ0n) is 11.7. The third-order valence-corrected chi connectivity index (χ3v) is 3.80. The van der Waals surface area contributed by atoms with Gasteiger partial charge in [0.2, 0.25) is 5.91 Å². The molecule has 2 N–H and O–H groups in total. The van der Waals surface area contributed by atoms with E-state index in [0.717, 1.165) is 43.8 Å². The van der Waals surface area contributed by atoms with E-state index in [-0.39, 0.29) is 11.3 Å². The Labute approximate surface area is 114 Å². The Morgan fingerprint density at radius 3 is 2.68 bits per heavy atom. The molecular weight excluding hydrogens is 240 g/mol. The highest BCUT2D eigenvalue weighted by Gasteiger charge is 2.40. The minimum Gasteiger partial charge on any atom is -0.497 e. The lowest BCUT2D eigenvalue weighted by molar-refractivity contribution is -0.125. The van der Waals surface area contributed by atoms with Crippen LogP contribution in [0.1, 0.15) is 26.2 Å². The maximum atomic E-state index is 12.5. The van der Waals surface area contributed by atoms with Crippen LogP contribution in [0, 0.1) is 5.41 Å². The molecule has 1 unspecified atom stereocenters. The number of hydrogen-bond donors (Lipinski definition) is 2. The summed E-state index contributed by atoms with van der Waals surface area (Å²) in [6, 6.07) is 7.46. The SMILES string of the molecule is CCCC1(C(=O)Nc2ccc(OC)cc2)CCNC1. The van der Waals surface area contributed by atoms with Gasteiger partial charge in [-0.3, -0.25) is 4.79 Å². The number of benzene rings is 1. The van der Waals surface area contributed by atoms with Crippen molar-refractivity contribution in [2.45, 2.75) is 26.2 Å². The predicted molar refractivity (Wildman–Crippen MR) is 76.5 cm³/mol. The van der Waals surface area contributed by atoms with Gasteiger partial charge in [0.1, 0.15) is 5.75 Å². The van der Waals surface area contributed by atoms with Crippen LogP contribution < -0.4 is 15.4 Å². The van der Waals surface area contributed by atoms with Crippen LogP contribution in [0.15, 0.2) is 24.3 Å². The van der Waals surface area contributed by atoms with Crippen molar-refractivity contribution in [3.63, 3.8) is 0 Å². The molecule has 1 aliphatic heterocycles. The highest BCUT2D eigenvalue weighted by atomic mass is 16.5. The van der Waals surface area contributed by atoms with Gasteiger partial charge in [0, 0.05) is 12.2 Å². The Bertz CT molecular complexity index is 422. The molecule has 1 aromatic rings. The van der Waals surface area contributed by atoms with E-state index in [2.05, 4.69) is 17.6 Å². The Balaban J connectivity index is 2.05. The lowest BCUT2D eigenvalue weighted by atomic mass is 9.81. The van der Waals surface area contributed by atoms with Crippen LogP contribution in [0.4, 0.5) is 5.69 Å². The fourth-order valence-electron chi connectivity index (χ4n) is 2.68. The summed E-state index contributed by atoms with van der Waals surface area (Å²) in [4.78, 5) is 12.5. The second-order valence-electron chi connectivity index (χ2n) is 5.14. The zero-order valence-corrected chi connectivity index (χ0v) is 11.7. The molecule has 1 saturated heterocycles. The van der Waals surface area contributed by atoms with E-state index in [1.165, 1.54) is 0 Å². The molecule has 0 aliphatic carbocycles. The molecule has 19 heavy (non-hydrogen) atoms. The third kappa shape index (κ3) is 3.07. The molecule has 1 atom stereocenters. The molecule has 1 heterocycles. The van der Waals surface area contributed by atoms with Gasteiger partial charge in [-0.15, -0.1) is 0 Å². The first-order valence-corrected chi connectivity index (χ1v) is 6.86. The maximum Gasteiger partial charge on any atom is 0.231 e.